The Morgan fingerprint density at radius 1 is 0.598 bits per heavy atom. The van der Waals surface area contributed by atoms with Crippen LogP contribution in [0.15, 0.2) is 12.2 Å². The molecule has 0 aliphatic carbocycles. The molecule has 23 unspecified atom stereocenters. The molecule has 0 aromatic rings. The molecule has 536 valence electrons. The third kappa shape index (κ3) is 25.4. The van der Waals surface area contributed by atoms with Crippen LogP contribution in [0.5, 0.6) is 0 Å². The topological polar surface area (TPSA) is 449 Å². The van der Waals surface area contributed by atoms with Crippen LogP contribution >= 0.6 is 0 Å². The van der Waals surface area contributed by atoms with Crippen molar-refractivity contribution in [3.63, 3.8) is 0 Å². The highest BCUT2D eigenvalue weighted by Crippen LogP contribution is 2.41. The Balaban J connectivity index is 1.58. The van der Waals surface area contributed by atoms with E-state index in [4.69, 9.17) is 37.9 Å². The summed E-state index contributed by atoms with van der Waals surface area (Å²) in [6.07, 6.45) is -10.0. The van der Waals surface area contributed by atoms with E-state index >= 15 is 0 Å². The number of hydrogen-bond donors (Lipinski definition) is 16. The summed E-state index contributed by atoms with van der Waals surface area (Å²) >= 11 is 0. The van der Waals surface area contributed by atoms with Gasteiger partial charge in [-0.25, -0.2) is 4.79 Å². The van der Waals surface area contributed by atoms with Gasteiger partial charge in [-0.3, -0.25) is 9.59 Å². The molecule has 0 aromatic heterocycles. The number of hydrogen-bond acceptors (Lipinski definition) is 25. The molecule has 0 radical (unpaired) electrons. The first-order valence-electron chi connectivity index (χ1n) is 33.8. The number of ketones is 1. The number of carboxylic acids is 1. The molecule has 28 heteroatoms. The molecule has 0 saturated carbocycles. The third-order valence-electron chi connectivity index (χ3n) is 17.8. The summed E-state index contributed by atoms with van der Waals surface area (Å²) in [6, 6.07) is -2.78. The van der Waals surface area contributed by atoms with Gasteiger partial charge in [0.15, 0.2) is 18.9 Å². The molecule has 4 aliphatic heterocycles. The lowest BCUT2D eigenvalue weighted by molar-refractivity contribution is -0.403. The minimum Gasteiger partial charge on any atom is -0.477 e. The number of carbonyl (C=O) groups excluding carboxylic acids is 3. The molecule has 4 aliphatic rings. The number of unbranched alkanes of at least 4 members (excludes halogenated alkanes) is 21. The zero-order valence-corrected chi connectivity index (χ0v) is 54.4. The number of carboxylic acid groups (broad SMARTS) is 1. The molecule has 0 aromatic carbocycles. The normalized spacial score (nSPS) is 33.3. The predicted octanol–water partition coefficient (Wildman–Crippen LogP) is 0.664. The van der Waals surface area contributed by atoms with Crippen LogP contribution in [-0.4, -0.2) is 262 Å². The molecule has 0 spiro atoms. The van der Waals surface area contributed by atoms with E-state index in [0.717, 1.165) is 65.2 Å². The molecule has 2 amide bonds. The zero-order valence-electron chi connectivity index (χ0n) is 54.4. The molecular formula is C64H114N2O26. The van der Waals surface area contributed by atoms with Gasteiger partial charge >= 0.3 is 5.97 Å². The highest BCUT2D eigenvalue weighted by atomic mass is 16.8. The molecule has 0 bridgehead atoms. The van der Waals surface area contributed by atoms with Gasteiger partial charge in [0.05, 0.1) is 63.4 Å². The summed E-state index contributed by atoms with van der Waals surface area (Å²) in [5.41, 5.74) is 0. The van der Waals surface area contributed by atoms with Crippen LogP contribution in [0.3, 0.4) is 0 Å². The standard InChI is InChI=1S/C64H114N2O26/c1-5-7-9-11-13-15-17-18-20-21-23-25-27-29-42(73)41(66-48(76)30-28-26-24-22-19-16-14-12-10-8-6-2)37-85-61-54(81)53(80)56(46(35-69)87-61)89-62-55(82)59(57(47(36-70)88-62)90-60-40(31-38(3)71)50(77)52(79)45(34-68)86-60)92-64(63(83)84)32-43(74)49(65-39(4)72)58(91-64)51(78)44(75)33-67/h27,29,40-47,49-62,67-70,73-75,77-82H,5-26,28,30-37H2,1-4H3,(H,65,72)(H,66,76)(H,83,84). The second-order valence-corrected chi connectivity index (χ2v) is 25.4. The Kier molecular flexibility index (Phi) is 38.3. The van der Waals surface area contributed by atoms with Gasteiger partial charge in [-0.05, 0) is 26.2 Å². The van der Waals surface area contributed by atoms with E-state index in [1.807, 2.05) is 6.08 Å². The van der Waals surface area contributed by atoms with Crippen molar-refractivity contribution in [2.45, 2.75) is 329 Å². The number of rotatable bonds is 46. The number of ether oxygens (including phenoxy) is 8. The Morgan fingerprint density at radius 2 is 1.11 bits per heavy atom. The molecule has 23 atom stereocenters. The van der Waals surface area contributed by atoms with Crippen molar-refractivity contribution in [1.29, 1.82) is 0 Å². The number of aliphatic hydroxyl groups is 13. The number of carbonyl (C=O) groups is 4. The van der Waals surface area contributed by atoms with Crippen molar-refractivity contribution in [2.75, 3.05) is 33.0 Å². The smallest absolute Gasteiger partial charge is 0.364 e. The molecular weight excluding hydrogens is 1210 g/mol. The fourth-order valence-corrected chi connectivity index (χ4v) is 12.4. The molecule has 4 fully saturated rings. The van der Waals surface area contributed by atoms with Gasteiger partial charge < -0.3 is 125 Å². The van der Waals surface area contributed by atoms with Crippen LogP contribution in [0.1, 0.15) is 195 Å². The highest BCUT2D eigenvalue weighted by molar-refractivity contribution is 5.77. The summed E-state index contributed by atoms with van der Waals surface area (Å²) in [5, 5.41) is 160. The van der Waals surface area contributed by atoms with Crippen LogP contribution in [0.2, 0.25) is 0 Å². The van der Waals surface area contributed by atoms with E-state index < -0.39 is 204 Å². The lowest BCUT2D eigenvalue weighted by Gasteiger charge is -2.52. The first-order valence-corrected chi connectivity index (χ1v) is 33.8. The largest absolute Gasteiger partial charge is 0.477 e. The summed E-state index contributed by atoms with van der Waals surface area (Å²) in [4.78, 5) is 51.9. The number of Topliss-reactive ketones (excluding diaryl/α,β-unsaturated/α-hetero) is 1. The summed E-state index contributed by atoms with van der Waals surface area (Å²) in [7, 11) is 0. The van der Waals surface area contributed by atoms with Crippen molar-refractivity contribution in [3.05, 3.63) is 12.2 Å². The molecule has 4 saturated heterocycles. The number of nitrogens with one attached hydrogen (secondary N) is 2. The van der Waals surface area contributed by atoms with Crippen LogP contribution in [0, 0.1) is 5.92 Å². The fraction of sp³-hybridized carbons (Fsp3) is 0.906. The van der Waals surface area contributed by atoms with Crippen LogP contribution < -0.4 is 10.6 Å². The molecule has 92 heavy (non-hydrogen) atoms. The molecule has 4 rings (SSSR count). The van der Waals surface area contributed by atoms with Crippen LogP contribution in [0.25, 0.3) is 0 Å². The van der Waals surface area contributed by atoms with Crippen LogP contribution in [0.4, 0.5) is 0 Å². The van der Waals surface area contributed by atoms with E-state index in [1.165, 1.54) is 83.5 Å². The Morgan fingerprint density at radius 3 is 1.63 bits per heavy atom. The Hall–Kier alpha value is -3.02. The second kappa shape index (κ2) is 43.3. The van der Waals surface area contributed by atoms with E-state index in [9.17, 15) is 90.7 Å². The van der Waals surface area contributed by atoms with E-state index in [1.54, 1.807) is 6.08 Å². The number of allylic oxidation sites excluding steroid dienone is 1. The van der Waals surface area contributed by atoms with Gasteiger partial charge in [0.25, 0.3) is 5.79 Å². The average Bonchev–Trinajstić information content (AvgIpc) is 0.757. The first-order chi connectivity index (χ1) is 44.0. The van der Waals surface area contributed by atoms with Crippen molar-refractivity contribution in [1.82, 2.24) is 10.6 Å². The van der Waals surface area contributed by atoms with Gasteiger partial charge in [-0.15, -0.1) is 0 Å². The number of amides is 2. The lowest BCUT2D eigenvalue weighted by atomic mass is 9.87. The molecule has 28 nitrogen and oxygen atoms in total. The SMILES string of the molecule is CCCCCCCCCCCCCC=CC(O)C(COC1OC(CO)C(OC2OC(CO)C(OC3OC(CO)C(O)C(O)C3CC(C)=O)C(OC3(C(=O)O)CC(O)C(NC(C)=O)C(C(O)C(O)CO)O3)C2O)C(O)C1O)NC(=O)CCCCCCCCCCCCC. The summed E-state index contributed by atoms with van der Waals surface area (Å²) in [5.74, 6) is -8.55. The first kappa shape index (κ1) is 81.4. The van der Waals surface area contributed by atoms with Crippen molar-refractivity contribution >= 4 is 23.6 Å². The monoisotopic (exact) mass is 1330 g/mol. The maximum Gasteiger partial charge on any atom is 0.364 e. The maximum absolute atomic E-state index is 13.6. The summed E-state index contributed by atoms with van der Waals surface area (Å²) < 4.78 is 48.0. The average molecular weight is 1330 g/mol. The highest BCUT2D eigenvalue weighted by Gasteiger charge is 2.61. The van der Waals surface area contributed by atoms with Gasteiger partial charge in [0.2, 0.25) is 11.8 Å². The minimum atomic E-state index is -3.26. The summed E-state index contributed by atoms with van der Waals surface area (Å²) in [6.45, 7) is 1.87. The van der Waals surface area contributed by atoms with Gasteiger partial charge in [0, 0.05) is 32.1 Å². The van der Waals surface area contributed by atoms with Gasteiger partial charge in [0.1, 0.15) is 85.1 Å². The number of aliphatic carboxylic acids is 1. The lowest BCUT2D eigenvalue weighted by Crippen LogP contribution is -2.71. The van der Waals surface area contributed by atoms with Gasteiger partial charge in [-0.2, -0.15) is 0 Å². The van der Waals surface area contributed by atoms with Crippen molar-refractivity contribution in [3.8, 4) is 0 Å². The number of aliphatic hydroxyl groups excluding tert-OH is 13. The zero-order chi connectivity index (χ0) is 67.9. The Bertz CT molecular complexity index is 2100. The quantitative estimate of drug-likeness (QED) is 0.0294. The van der Waals surface area contributed by atoms with E-state index in [-0.39, 0.29) is 12.3 Å². The molecule has 4 heterocycles. The maximum atomic E-state index is 13.6. The second-order valence-electron chi connectivity index (χ2n) is 25.4. The van der Waals surface area contributed by atoms with Gasteiger partial charge in [-0.1, -0.05) is 154 Å². The van der Waals surface area contributed by atoms with E-state index in [0.29, 0.717) is 12.8 Å². The van der Waals surface area contributed by atoms with Crippen molar-refractivity contribution < 1.29 is 129 Å². The minimum absolute atomic E-state index is 0.163. The predicted molar refractivity (Wildman–Crippen MR) is 328 cm³/mol. The molecule has 16 N–H and O–H groups in total. The fourth-order valence-electron chi connectivity index (χ4n) is 12.4. The van der Waals surface area contributed by atoms with E-state index in [2.05, 4.69) is 24.5 Å². The Labute approximate surface area is 541 Å². The van der Waals surface area contributed by atoms with Crippen molar-refractivity contribution in [2.24, 2.45) is 5.92 Å². The third-order valence-corrected chi connectivity index (χ3v) is 17.8. The van der Waals surface area contributed by atoms with Crippen LogP contribution in [-0.2, 0) is 57.1 Å².